The van der Waals surface area contributed by atoms with Gasteiger partial charge in [0.05, 0.1) is 0 Å². The van der Waals surface area contributed by atoms with Gasteiger partial charge in [0.2, 0.25) is 0 Å². The van der Waals surface area contributed by atoms with E-state index in [0.29, 0.717) is 6.54 Å². The monoisotopic (exact) mass is 200 g/mol. The quantitative estimate of drug-likeness (QED) is 0.732. The fourth-order valence-electron chi connectivity index (χ4n) is 1.51. The third-order valence-electron chi connectivity index (χ3n) is 2.59. The molecule has 2 unspecified atom stereocenters. The average Bonchev–Trinajstić information content (AvgIpc) is 2.17. The van der Waals surface area contributed by atoms with Crippen molar-refractivity contribution in [3.05, 3.63) is 0 Å². The first-order valence-corrected chi connectivity index (χ1v) is 5.34. The Kier molecular flexibility index (Phi) is 4.20. The van der Waals surface area contributed by atoms with Gasteiger partial charge in [-0.25, -0.2) is 4.79 Å². The Balaban J connectivity index is 2.36. The number of carbonyl (C=O) groups is 1. The van der Waals surface area contributed by atoms with Crippen molar-refractivity contribution in [1.82, 2.24) is 4.90 Å². The molecule has 0 aromatic carbocycles. The lowest BCUT2D eigenvalue weighted by Crippen LogP contribution is -2.46. The van der Waals surface area contributed by atoms with Gasteiger partial charge in [-0.2, -0.15) is 0 Å². The molecule has 14 heavy (non-hydrogen) atoms. The zero-order valence-electron chi connectivity index (χ0n) is 9.03. The lowest BCUT2D eigenvalue weighted by atomic mass is 10.1. The van der Waals surface area contributed by atoms with E-state index >= 15 is 0 Å². The predicted octanol–water partition coefficient (Wildman–Crippen LogP) is 1.34. The van der Waals surface area contributed by atoms with E-state index in [1.54, 1.807) is 4.90 Å². The van der Waals surface area contributed by atoms with Crippen molar-refractivity contribution in [3.63, 3.8) is 0 Å². The summed E-state index contributed by atoms with van der Waals surface area (Å²) in [6, 6.07) is 0.119. The van der Waals surface area contributed by atoms with Crippen LogP contribution in [0, 0.1) is 0 Å². The number of nitrogens with zero attached hydrogens (tertiary/aromatic N) is 1. The van der Waals surface area contributed by atoms with Crippen LogP contribution in [0.5, 0.6) is 0 Å². The average molecular weight is 200 g/mol. The van der Waals surface area contributed by atoms with E-state index in [4.69, 9.17) is 10.5 Å². The predicted molar refractivity (Wildman–Crippen MR) is 55.0 cm³/mol. The molecule has 1 aliphatic heterocycles. The number of hydrogen-bond donors (Lipinski definition) is 1. The number of hydrogen-bond acceptors (Lipinski definition) is 3. The number of likely N-dealkylation sites (tertiary alicyclic amines) is 1. The van der Waals surface area contributed by atoms with Gasteiger partial charge in [-0.05, 0) is 26.2 Å². The summed E-state index contributed by atoms with van der Waals surface area (Å²) in [5, 5.41) is 0. The maximum absolute atomic E-state index is 11.6. The van der Waals surface area contributed by atoms with E-state index in [9.17, 15) is 4.79 Å². The molecule has 0 bridgehead atoms. The Morgan fingerprint density at radius 1 is 1.71 bits per heavy atom. The zero-order chi connectivity index (χ0) is 10.6. The van der Waals surface area contributed by atoms with Gasteiger partial charge in [0.1, 0.15) is 6.10 Å². The standard InChI is InChI=1S/C10H20N2O2/c1-3-8(2)14-10(13)12-6-4-5-9(11)7-12/h8-9H,3-7,11H2,1-2H3. The van der Waals surface area contributed by atoms with E-state index in [2.05, 4.69) is 0 Å². The summed E-state index contributed by atoms with van der Waals surface area (Å²) in [6.07, 6.45) is 2.63. The fraction of sp³-hybridized carbons (Fsp3) is 0.900. The molecule has 2 atom stereocenters. The zero-order valence-corrected chi connectivity index (χ0v) is 9.03. The molecule has 1 amide bonds. The molecule has 4 heteroatoms. The molecule has 1 rings (SSSR count). The number of piperidine rings is 1. The minimum atomic E-state index is -0.213. The van der Waals surface area contributed by atoms with Crippen LogP contribution in [0.3, 0.4) is 0 Å². The van der Waals surface area contributed by atoms with E-state index in [1.807, 2.05) is 13.8 Å². The lowest BCUT2D eigenvalue weighted by molar-refractivity contribution is 0.0608. The normalized spacial score (nSPS) is 24.5. The van der Waals surface area contributed by atoms with Crippen molar-refractivity contribution in [2.24, 2.45) is 5.73 Å². The molecule has 0 aromatic rings. The topological polar surface area (TPSA) is 55.6 Å². The van der Waals surface area contributed by atoms with Gasteiger partial charge in [0.25, 0.3) is 0 Å². The largest absolute Gasteiger partial charge is 0.446 e. The van der Waals surface area contributed by atoms with Crippen molar-refractivity contribution in [3.8, 4) is 0 Å². The number of rotatable bonds is 2. The first-order chi connectivity index (χ1) is 6.63. The Morgan fingerprint density at radius 3 is 3.00 bits per heavy atom. The van der Waals surface area contributed by atoms with Crippen LogP contribution < -0.4 is 5.73 Å². The van der Waals surface area contributed by atoms with Gasteiger partial charge in [0.15, 0.2) is 0 Å². The number of nitrogens with two attached hydrogens (primary N) is 1. The Bertz CT molecular complexity index is 197. The second kappa shape index (κ2) is 5.20. The molecule has 1 aliphatic rings. The molecule has 1 fully saturated rings. The molecule has 0 aliphatic carbocycles. The second-order valence-electron chi connectivity index (χ2n) is 3.95. The van der Waals surface area contributed by atoms with Crippen LogP contribution in [0.1, 0.15) is 33.1 Å². The lowest BCUT2D eigenvalue weighted by Gasteiger charge is -2.30. The summed E-state index contributed by atoms with van der Waals surface area (Å²) < 4.78 is 5.22. The highest BCUT2D eigenvalue weighted by molar-refractivity contribution is 5.68. The van der Waals surface area contributed by atoms with Crippen molar-refractivity contribution >= 4 is 6.09 Å². The van der Waals surface area contributed by atoms with E-state index in [0.717, 1.165) is 25.8 Å². The molecule has 82 valence electrons. The van der Waals surface area contributed by atoms with Crippen LogP contribution in [0.15, 0.2) is 0 Å². The third-order valence-corrected chi connectivity index (χ3v) is 2.59. The number of ether oxygens (including phenoxy) is 1. The van der Waals surface area contributed by atoms with E-state index in [-0.39, 0.29) is 18.2 Å². The minimum absolute atomic E-state index is 0.000603. The van der Waals surface area contributed by atoms with Crippen molar-refractivity contribution in [2.45, 2.75) is 45.3 Å². The highest BCUT2D eigenvalue weighted by Crippen LogP contribution is 2.10. The summed E-state index contributed by atoms with van der Waals surface area (Å²) in [5.41, 5.74) is 5.78. The Hall–Kier alpha value is -0.770. The number of carbonyl (C=O) groups excluding carboxylic acids is 1. The third kappa shape index (κ3) is 3.18. The maximum Gasteiger partial charge on any atom is 0.410 e. The van der Waals surface area contributed by atoms with Crippen LogP contribution in [0.25, 0.3) is 0 Å². The summed E-state index contributed by atoms with van der Waals surface area (Å²) in [5.74, 6) is 0. The van der Waals surface area contributed by atoms with Crippen molar-refractivity contribution < 1.29 is 9.53 Å². The molecule has 0 radical (unpaired) electrons. The molecular weight excluding hydrogens is 180 g/mol. The highest BCUT2D eigenvalue weighted by atomic mass is 16.6. The molecule has 0 aromatic heterocycles. The van der Waals surface area contributed by atoms with Crippen LogP contribution in [-0.2, 0) is 4.74 Å². The minimum Gasteiger partial charge on any atom is -0.446 e. The number of amides is 1. The summed E-state index contributed by atoms with van der Waals surface area (Å²) >= 11 is 0. The van der Waals surface area contributed by atoms with Gasteiger partial charge in [-0.3, -0.25) is 0 Å². The van der Waals surface area contributed by atoms with Crippen molar-refractivity contribution in [1.29, 1.82) is 0 Å². The van der Waals surface area contributed by atoms with Gasteiger partial charge < -0.3 is 15.4 Å². The molecule has 4 nitrogen and oxygen atoms in total. The highest BCUT2D eigenvalue weighted by Gasteiger charge is 2.23. The Morgan fingerprint density at radius 2 is 2.43 bits per heavy atom. The van der Waals surface area contributed by atoms with Gasteiger partial charge in [-0.1, -0.05) is 6.92 Å². The first kappa shape index (κ1) is 11.3. The maximum atomic E-state index is 11.6. The molecule has 1 saturated heterocycles. The SMILES string of the molecule is CCC(C)OC(=O)N1CCCC(N)C1. The summed E-state index contributed by atoms with van der Waals surface area (Å²) in [4.78, 5) is 13.3. The smallest absolute Gasteiger partial charge is 0.410 e. The van der Waals surface area contributed by atoms with Crippen LogP contribution >= 0.6 is 0 Å². The molecule has 0 saturated carbocycles. The van der Waals surface area contributed by atoms with E-state index < -0.39 is 0 Å². The molecule has 0 spiro atoms. The fourth-order valence-corrected chi connectivity index (χ4v) is 1.51. The van der Waals surface area contributed by atoms with E-state index in [1.165, 1.54) is 0 Å². The van der Waals surface area contributed by atoms with Gasteiger partial charge in [-0.15, -0.1) is 0 Å². The first-order valence-electron chi connectivity index (χ1n) is 5.34. The Labute approximate surface area is 85.4 Å². The summed E-state index contributed by atoms with van der Waals surface area (Å²) in [7, 11) is 0. The summed E-state index contributed by atoms with van der Waals surface area (Å²) in [6.45, 7) is 5.32. The van der Waals surface area contributed by atoms with Crippen LogP contribution in [-0.4, -0.2) is 36.2 Å². The second-order valence-corrected chi connectivity index (χ2v) is 3.95. The molecular formula is C10H20N2O2. The van der Waals surface area contributed by atoms with Crippen molar-refractivity contribution in [2.75, 3.05) is 13.1 Å². The van der Waals surface area contributed by atoms with Crippen LogP contribution in [0.4, 0.5) is 4.79 Å². The molecule has 2 N–H and O–H groups in total. The van der Waals surface area contributed by atoms with Gasteiger partial charge >= 0.3 is 6.09 Å². The van der Waals surface area contributed by atoms with Gasteiger partial charge in [0, 0.05) is 19.1 Å². The molecule has 1 heterocycles. The van der Waals surface area contributed by atoms with Crippen LogP contribution in [0.2, 0.25) is 0 Å².